The van der Waals surface area contributed by atoms with Gasteiger partial charge in [-0.3, -0.25) is 4.79 Å². The third kappa shape index (κ3) is 8.23. The number of Topliss-reactive ketones (excluding diaryl/α,β-unsaturated/α-hetero) is 1. The number of nitrogens with one attached hydrogen (secondary N) is 2. The summed E-state index contributed by atoms with van der Waals surface area (Å²) in [4.78, 5) is 18.2. The minimum absolute atomic E-state index is 0.0775. The second-order valence-corrected chi connectivity index (χ2v) is 11.3. The number of hydrogen-bond acceptors (Lipinski definition) is 4. The first-order chi connectivity index (χ1) is 15.5. The van der Waals surface area contributed by atoms with E-state index in [4.69, 9.17) is 4.74 Å². The molecule has 0 radical (unpaired) electrons. The Hall–Kier alpha value is -1.15. The SMILES string of the molecule is CCC(C)(CCCN(C)C)Oc1ccc(CCNC(C)(CC)C(=O)c2cc(Br)c[nH]2)cc1Br. The fraction of sp³-hybridized carbons (Fsp3) is 0.577. The van der Waals surface area contributed by atoms with Crippen molar-refractivity contribution in [3.8, 4) is 5.75 Å². The van der Waals surface area contributed by atoms with Crippen LogP contribution in [0.25, 0.3) is 0 Å². The van der Waals surface area contributed by atoms with Crippen molar-refractivity contribution in [2.75, 3.05) is 27.2 Å². The second kappa shape index (κ2) is 12.5. The molecule has 184 valence electrons. The van der Waals surface area contributed by atoms with Crippen molar-refractivity contribution < 1.29 is 9.53 Å². The fourth-order valence-corrected chi connectivity index (χ4v) is 4.61. The summed E-state index contributed by atoms with van der Waals surface area (Å²) in [6.07, 6.45) is 6.40. The lowest BCUT2D eigenvalue weighted by Crippen LogP contribution is -2.49. The summed E-state index contributed by atoms with van der Waals surface area (Å²) in [5, 5.41) is 3.48. The highest BCUT2D eigenvalue weighted by Crippen LogP contribution is 2.32. The molecule has 33 heavy (non-hydrogen) atoms. The standard InChI is InChI=1S/C26H39Br2N3O2/c1-7-25(3,13-9-15-31(5)6)33-23-11-10-19(16-21(23)28)12-14-30-26(4,8-2)24(32)22-17-20(27)18-29-22/h10-11,16-18,29-30H,7-9,12-15H2,1-6H3. The first kappa shape index (κ1) is 28.1. The Morgan fingerprint density at radius 2 is 1.88 bits per heavy atom. The Balaban J connectivity index is 1.97. The maximum atomic E-state index is 13.0. The molecule has 1 aromatic carbocycles. The van der Waals surface area contributed by atoms with Crippen LogP contribution in [-0.4, -0.2) is 54.0 Å². The van der Waals surface area contributed by atoms with Gasteiger partial charge in [-0.25, -0.2) is 0 Å². The van der Waals surface area contributed by atoms with Gasteiger partial charge in [-0.2, -0.15) is 0 Å². The summed E-state index contributed by atoms with van der Waals surface area (Å²) >= 11 is 7.11. The number of H-pyrrole nitrogens is 1. The van der Waals surface area contributed by atoms with E-state index in [1.807, 2.05) is 19.9 Å². The first-order valence-corrected chi connectivity index (χ1v) is 13.4. The number of rotatable bonds is 14. The van der Waals surface area contributed by atoms with Gasteiger partial charge in [-0.05, 0) is 122 Å². The largest absolute Gasteiger partial charge is 0.486 e. The van der Waals surface area contributed by atoms with Crippen molar-refractivity contribution >= 4 is 37.6 Å². The Labute approximate surface area is 216 Å². The third-order valence-electron chi connectivity index (χ3n) is 6.44. The topological polar surface area (TPSA) is 57.4 Å². The fourth-order valence-electron chi connectivity index (χ4n) is 3.76. The van der Waals surface area contributed by atoms with E-state index < -0.39 is 5.54 Å². The van der Waals surface area contributed by atoms with Gasteiger partial charge in [-0.1, -0.05) is 19.9 Å². The molecule has 2 aromatic rings. The third-order valence-corrected chi connectivity index (χ3v) is 7.52. The molecule has 1 heterocycles. The molecule has 2 rings (SSSR count). The smallest absolute Gasteiger partial charge is 0.198 e. The molecule has 2 atom stereocenters. The van der Waals surface area contributed by atoms with Crippen molar-refractivity contribution in [2.45, 2.75) is 70.9 Å². The predicted octanol–water partition coefficient (Wildman–Crippen LogP) is 6.61. The van der Waals surface area contributed by atoms with Crippen LogP contribution >= 0.6 is 31.9 Å². The first-order valence-electron chi connectivity index (χ1n) is 11.8. The predicted molar refractivity (Wildman–Crippen MR) is 144 cm³/mol. The molecule has 1 aromatic heterocycles. The second-order valence-electron chi connectivity index (χ2n) is 9.50. The molecule has 5 nitrogen and oxygen atoms in total. The molecule has 7 heteroatoms. The van der Waals surface area contributed by atoms with Crippen molar-refractivity contribution in [3.05, 3.63) is 50.7 Å². The van der Waals surface area contributed by atoms with Crippen molar-refractivity contribution in [3.63, 3.8) is 0 Å². The average molecular weight is 585 g/mol. The van der Waals surface area contributed by atoms with Crippen LogP contribution in [0, 0.1) is 0 Å². The lowest BCUT2D eigenvalue weighted by atomic mass is 9.91. The van der Waals surface area contributed by atoms with E-state index in [0.717, 1.165) is 46.9 Å². The molecule has 0 bridgehead atoms. The molecule has 0 aliphatic rings. The minimum atomic E-state index is -0.611. The average Bonchev–Trinajstić information content (AvgIpc) is 3.20. The molecule has 0 saturated heterocycles. The minimum Gasteiger partial charge on any atom is -0.486 e. The van der Waals surface area contributed by atoms with Crippen LogP contribution in [0.1, 0.15) is 69.4 Å². The number of carbonyl (C=O) groups is 1. The molecular weight excluding hydrogens is 546 g/mol. The van der Waals surface area contributed by atoms with E-state index in [0.29, 0.717) is 18.7 Å². The zero-order valence-electron chi connectivity index (χ0n) is 20.9. The number of carbonyl (C=O) groups excluding carboxylic acids is 1. The molecule has 0 aliphatic heterocycles. The lowest BCUT2D eigenvalue weighted by Gasteiger charge is -2.31. The zero-order valence-corrected chi connectivity index (χ0v) is 24.0. The van der Waals surface area contributed by atoms with Crippen molar-refractivity contribution in [2.24, 2.45) is 0 Å². The van der Waals surface area contributed by atoms with Crippen LogP contribution in [0.2, 0.25) is 0 Å². The summed E-state index contributed by atoms with van der Waals surface area (Å²) < 4.78 is 8.30. The number of benzene rings is 1. The molecule has 0 aliphatic carbocycles. The summed E-state index contributed by atoms with van der Waals surface area (Å²) in [6.45, 7) is 10.2. The lowest BCUT2D eigenvalue weighted by molar-refractivity contribution is 0.0696. The number of ketones is 1. The van der Waals surface area contributed by atoms with Gasteiger partial charge in [0.05, 0.1) is 15.7 Å². The number of aromatic nitrogens is 1. The van der Waals surface area contributed by atoms with Crippen LogP contribution < -0.4 is 10.1 Å². The summed E-state index contributed by atoms with van der Waals surface area (Å²) in [5.41, 5.74) is 1.02. The van der Waals surface area contributed by atoms with Gasteiger partial charge in [0.1, 0.15) is 11.4 Å². The number of nitrogens with zero attached hydrogens (tertiary/aromatic N) is 1. The Morgan fingerprint density at radius 3 is 2.42 bits per heavy atom. The Bertz CT molecular complexity index is 915. The maximum Gasteiger partial charge on any atom is 0.198 e. The number of hydrogen-bond donors (Lipinski definition) is 2. The number of ether oxygens (including phenoxy) is 1. The van der Waals surface area contributed by atoms with E-state index in [1.54, 1.807) is 6.20 Å². The van der Waals surface area contributed by atoms with Crippen LogP contribution in [-0.2, 0) is 6.42 Å². The van der Waals surface area contributed by atoms with Gasteiger partial charge in [-0.15, -0.1) is 0 Å². The van der Waals surface area contributed by atoms with E-state index in [2.05, 4.69) is 93.2 Å². The molecule has 2 N–H and O–H groups in total. The number of halogens is 2. The molecule has 0 spiro atoms. The summed E-state index contributed by atoms with van der Waals surface area (Å²) in [7, 11) is 4.21. The van der Waals surface area contributed by atoms with Crippen LogP contribution in [0.15, 0.2) is 39.4 Å². The van der Waals surface area contributed by atoms with Gasteiger partial charge < -0.3 is 19.9 Å². The van der Waals surface area contributed by atoms with E-state index in [1.165, 1.54) is 5.56 Å². The van der Waals surface area contributed by atoms with Crippen LogP contribution in [0.5, 0.6) is 5.75 Å². The van der Waals surface area contributed by atoms with E-state index >= 15 is 0 Å². The molecule has 0 fully saturated rings. The quantitative estimate of drug-likeness (QED) is 0.245. The molecule has 2 unspecified atom stereocenters. The van der Waals surface area contributed by atoms with E-state index in [-0.39, 0.29) is 11.4 Å². The highest BCUT2D eigenvalue weighted by Gasteiger charge is 2.32. The van der Waals surface area contributed by atoms with Gasteiger partial charge in [0.15, 0.2) is 5.78 Å². The van der Waals surface area contributed by atoms with Gasteiger partial charge in [0.2, 0.25) is 0 Å². The number of aromatic amines is 1. The van der Waals surface area contributed by atoms with E-state index in [9.17, 15) is 4.79 Å². The highest BCUT2D eigenvalue weighted by molar-refractivity contribution is 9.10. The molecule has 0 amide bonds. The zero-order chi connectivity index (χ0) is 24.6. The van der Waals surface area contributed by atoms with Crippen molar-refractivity contribution in [1.29, 1.82) is 0 Å². The highest BCUT2D eigenvalue weighted by atomic mass is 79.9. The Morgan fingerprint density at radius 1 is 1.15 bits per heavy atom. The van der Waals surface area contributed by atoms with Gasteiger partial charge in [0, 0.05) is 17.2 Å². The maximum absolute atomic E-state index is 13.0. The monoisotopic (exact) mass is 583 g/mol. The van der Waals surface area contributed by atoms with Crippen LogP contribution in [0.3, 0.4) is 0 Å². The molecular formula is C26H39Br2N3O2. The van der Waals surface area contributed by atoms with Gasteiger partial charge in [0.25, 0.3) is 0 Å². The summed E-state index contributed by atoms with van der Waals surface area (Å²) in [6, 6.07) is 8.13. The van der Waals surface area contributed by atoms with Crippen LogP contribution in [0.4, 0.5) is 0 Å². The normalized spacial score (nSPS) is 15.3. The van der Waals surface area contributed by atoms with Gasteiger partial charge >= 0.3 is 0 Å². The van der Waals surface area contributed by atoms with Crippen molar-refractivity contribution in [1.82, 2.24) is 15.2 Å². The Kier molecular flexibility index (Phi) is 10.7. The summed E-state index contributed by atoms with van der Waals surface area (Å²) in [5.74, 6) is 0.959. The molecule has 0 saturated carbocycles.